The molecule has 0 saturated heterocycles. The predicted molar refractivity (Wildman–Crippen MR) is 335 cm³/mol. The highest BCUT2D eigenvalue weighted by molar-refractivity contribution is 5.71. The molecule has 1 atom stereocenters. The summed E-state index contributed by atoms with van der Waals surface area (Å²) in [6.07, 6.45) is 81.9. The van der Waals surface area contributed by atoms with Crippen LogP contribution in [-0.4, -0.2) is 37.2 Å². The lowest BCUT2D eigenvalue weighted by atomic mass is 10.0. The maximum absolute atomic E-state index is 12.9. The molecule has 0 bridgehead atoms. The van der Waals surface area contributed by atoms with Gasteiger partial charge < -0.3 is 14.2 Å². The van der Waals surface area contributed by atoms with Crippen LogP contribution in [0.5, 0.6) is 0 Å². The second-order valence-electron chi connectivity index (χ2n) is 23.4. The van der Waals surface area contributed by atoms with Crippen molar-refractivity contribution in [3.63, 3.8) is 0 Å². The standard InChI is InChI=1S/C71H132O6/c1-4-7-10-13-16-19-22-24-26-28-30-31-32-33-34-35-36-37-38-39-40-41-42-44-45-47-49-52-55-58-61-64-70(73)76-67-68(66-75-69(72)63-60-57-54-51-21-18-15-12-9-6-3)77-71(74)65-62-59-56-53-50-48-46-43-29-27-25-23-20-17-14-11-8-5-2/h12,15,22,24,28,30,68H,4-11,13-14,16-21,23,25-27,29,31-67H2,1-3H3/b15-12-,24-22-,30-28-. The Morgan fingerprint density at radius 1 is 0.260 bits per heavy atom. The smallest absolute Gasteiger partial charge is 0.306 e. The van der Waals surface area contributed by atoms with E-state index in [0.717, 1.165) is 77.0 Å². The van der Waals surface area contributed by atoms with E-state index in [4.69, 9.17) is 14.2 Å². The summed E-state index contributed by atoms with van der Waals surface area (Å²) in [4.78, 5) is 38.2. The average molecular weight is 1080 g/mol. The van der Waals surface area contributed by atoms with Crippen molar-refractivity contribution in [1.29, 1.82) is 0 Å². The minimum absolute atomic E-state index is 0.0690. The van der Waals surface area contributed by atoms with Crippen molar-refractivity contribution >= 4 is 17.9 Å². The molecule has 0 saturated carbocycles. The minimum Gasteiger partial charge on any atom is -0.462 e. The summed E-state index contributed by atoms with van der Waals surface area (Å²) in [5.41, 5.74) is 0. The van der Waals surface area contributed by atoms with E-state index in [1.165, 1.54) is 263 Å². The van der Waals surface area contributed by atoms with E-state index in [1.54, 1.807) is 0 Å². The molecule has 6 heteroatoms. The third-order valence-corrected chi connectivity index (χ3v) is 15.6. The normalized spacial score (nSPS) is 12.2. The topological polar surface area (TPSA) is 78.9 Å². The first-order valence-corrected chi connectivity index (χ1v) is 34.5. The zero-order valence-electron chi connectivity index (χ0n) is 52.0. The van der Waals surface area contributed by atoms with Crippen molar-refractivity contribution < 1.29 is 28.6 Å². The molecule has 0 aromatic rings. The van der Waals surface area contributed by atoms with Crippen molar-refractivity contribution in [2.75, 3.05) is 13.2 Å². The summed E-state index contributed by atoms with van der Waals surface area (Å²) in [5, 5.41) is 0. The largest absolute Gasteiger partial charge is 0.462 e. The molecule has 0 fully saturated rings. The molecule has 0 spiro atoms. The summed E-state index contributed by atoms with van der Waals surface area (Å²) in [5.74, 6) is -0.854. The lowest BCUT2D eigenvalue weighted by molar-refractivity contribution is -0.167. The summed E-state index contributed by atoms with van der Waals surface area (Å²) in [6, 6.07) is 0. The summed E-state index contributed by atoms with van der Waals surface area (Å²) < 4.78 is 16.9. The van der Waals surface area contributed by atoms with Crippen LogP contribution in [0, 0.1) is 0 Å². The Labute approximate surface area is 480 Å². The Bertz CT molecular complexity index is 1290. The van der Waals surface area contributed by atoms with Crippen LogP contribution in [0.1, 0.15) is 380 Å². The number of rotatable bonds is 64. The number of unbranched alkanes of at least 4 members (excludes halogenated alkanes) is 47. The van der Waals surface area contributed by atoms with Gasteiger partial charge in [-0.2, -0.15) is 0 Å². The molecule has 0 aromatic carbocycles. The second kappa shape index (κ2) is 66.1. The molecule has 0 aromatic heterocycles. The van der Waals surface area contributed by atoms with E-state index in [2.05, 4.69) is 57.2 Å². The van der Waals surface area contributed by atoms with E-state index in [-0.39, 0.29) is 31.1 Å². The van der Waals surface area contributed by atoms with Gasteiger partial charge in [-0.1, -0.05) is 327 Å². The van der Waals surface area contributed by atoms with Gasteiger partial charge in [0.15, 0.2) is 6.10 Å². The number of carbonyl (C=O) groups excluding carboxylic acids is 3. The SMILES string of the molecule is CCC/C=C\CCCCCCCC(=O)OCC(COC(=O)CCCCCCCCCCCCCCCCCCCCC/C=C\C/C=C\CCCCCCC)OC(=O)CCCCCCCCCCCCCCCCCCCC. The van der Waals surface area contributed by atoms with Crippen LogP contribution in [-0.2, 0) is 28.6 Å². The molecule has 0 amide bonds. The highest BCUT2D eigenvalue weighted by atomic mass is 16.6. The second-order valence-corrected chi connectivity index (χ2v) is 23.4. The van der Waals surface area contributed by atoms with Gasteiger partial charge in [-0.25, -0.2) is 0 Å². The van der Waals surface area contributed by atoms with E-state index in [0.29, 0.717) is 19.3 Å². The molecule has 77 heavy (non-hydrogen) atoms. The molecule has 0 aliphatic heterocycles. The number of carbonyl (C=O) groups is 3. The third kappa shape index (κ3) is 64.3. The van der Waals surface area contributed by atoms with Gasteiger partial charge in [0.25, 0.3) is 0 Å². The minimum atomic E-state index is -0.771. The van der Waals surface area contributed by atoms with Crippen molar-refractivity contribution in [2.24, 2.45) is 0 Å². The Balaban J connectivity index is 4.08. The van der Waals surface area contributed by atoms with Crippen LogP contribution in [0.15, 0.2) is 36.5 Å². The van der Waals surface area contributed by atoms with Crippen LogP contribution >= 0.6 is 0 Å². The highest BCUT2D eigenvalue weighted by Gasteiger charge is 2.19. The molecule has 1 unspecified atom stereocenters. The number of ether oxygens (including phenoxy) is 3. The fourth-order valence-corrected chi connectivity index (χ4v) is 10.4. The first-order valence-electron chi connectivity index (χ1n) is 34.5. The Hall–Kier alpha value is -2.37. The fraction of sp³-hybridized carbons (Fsp3) is 0.873. The van der Waals surface area contributed by atoms with E-state index in [9.17, 15) is 14.4 Å². The summed E-state index contributed by atoms with van der Waals surface area (Å²) >= 11 is 0. The van der Waals surface area contributed by atoms with Crippen LogP contribution in [0.25, 0.3) is 0 Å². The van der Waals surface area contributed by atoms with Crippen LogP contribution in [0.2, 0.25) is 0 Å². The average Bonchev–Trinajstić information content (AvgIpc) is 3.43. The maximum Gasteiger partial charge on any atom is 0.306 e. The predicted octanol–water partition coefficient (Wildman–Crippen LogP) is 23.6. The van der Waals surface area contributed by atoms with Crippen LogP contribution < -0.4 is 0 Å². The molecular weight excluding hydrogens is 949 g/mol. The van der Waals surface area contributed by atoms with E-state index < -0.39 is 6.10 Å². The highest BCUT2D eigenvalue weighted by Crippen LogP contribution is 2.18. The molecule has 0 aliphatic carbocycles. The van der Waals surface area contributed by atoms with Gasteiger partial charge >= 0.3 is 17.9 Å². The molecule has 0 N–H and O–H groups in total. The number of allylic oxidation sites excluding steroid dienone is 6. The zero-order chi connectivity index (χ0) is 55.7. The van der Waals surface area contributed by atoms with Crippen LogP contribution in [0.3, 0.4) is 0 Å². The molecule has 0 aliphatic rings. The number of esters is 3. The maximum atomic E-state index is 12.9. The van der Waals surface area contributed by atoms with Gasteiger partial charge in [0.2, 0.25) is 0 Å². The van der Waals surface area contributed by atoms with Gasteiger partial charge in [-0.15, -0.1) is 0 Å². The monoisotopic (exact) mass is 1080 g/mol. The fourth-order valence-electron chi connectivity index (χ4n) is 10.4. The summed E-state index contributed by atoms with van der Waals surface area (Å²) in [7, 11) is 0. The van der Waals surface area contributed by atoms with Gasteiger partial charge in [0, 0.05) is 19.3 Å². The molecule has 0 heterocycles. The quantitative estimate of drug-likeness (QED) is 0.0261. The van der Waals surface area contributed by atoms with Gasteiger partial charge in [-0.3, -0.25) is 14.4 Å². The summed E-state index contributed by atoms with van der Waals surface area (Å²) in [6.45, 7) is 6.63. The number of hydrogen-bond acceptors (Lipinski definition) is 6. The van der Waals surface area contributed by atoms with Crippen molar-refractivity contribution in [1.82, 2.24) is 0 Å². The molecule has 0 radical (unpaired) electrons. The van der Waals surface area contributed by atoms with Crippen molar-refractivity contribution in [2.45, 2.75) is 386 Å². The molecular formula is C71H132O6. The molecule has 452 valence electrons. The first-order chi connectivity index (χ1) is 38.0. The third-order valence-electron chi connectivity index (χ3n) is 15.6. The lowest BCUT2D eigenvalue weighted by Gasteiger charge is -2.18. The van der Waals surface area contributed by atoms with Crippen molar-refractivity contribution in [3.8, 4) is 0 Å². The van der Waals surface area contributed by atoms with E-state index in [1.807, 2.05) is 0 Å². The Morgan fingerprint density at radius 3 is 0.779 bits per heavy atom. The first kappa shape index (κ1) is 74.6. The van der Waals surface area contributed by atoms with Crippen molar-refractivity contribution in [3.05, 3.63) is 36.5 Å². The van der Waals surface area contributed by atoms with Gasteiger partial charge in [-0.05, 0) is 70.6 Å². The lowest BCUT2D eigenvalue weighted by Crippen LogP contribution is -2.30. The van der Waals surface area contributed by atoms with Crippen LogP contribution in [0.4, 0.5) is 0 Å². The molecule has 6 nitrogen and oxygen atoms in total. The zero-order valence-corrected chi connectivity index (χ0v) is 52.0. The van der Waals surface area contributed by atoms with E-state index >= 15 is 0 Å². The van der Waals surface area contributed by atoms with Gasteiger partial charge in [0.05, 0.1) is 0 Å². The Kier molecular flexibility index (Phi) is 64.1. The Morgan fingerprint density at radius 2 is 0.494 bits per heavy atom. The van der Waals surface area contributed by atoms with Gasteiger partial charge in [0.1, 0.15) is 13.2 Å². The molecule has 0 rings (SSSR count). The number of hydrogen-bond donors (Lipinski definition) is 0.